The van der Waals surface area contributed by atoms with Gasteiger partial charge in [0, 0.05) is 32.9 Å². The van der Waals surface area contributed by atoms with E-state index in [-0.39, 0.29) is 5.41 Å². The predicted octanol–water partition coefficient (Wildman–Crippen LogP) is 14.2. The highest BCUT2D eigenvalue weighted by Gasteiger charge is 2.35. The zero-order chi connectivity index (χ0) is 37.4. The van der Waals surface area contributed by atoms with Crippen LogP contribution in [0.15, 0.2) is 186 Å². The van der Waals surface area contributed by atoms with Gasteiger partial charge in [-0.2, -0.15) is 0 Å². The van der Waals surface area contributed by atoms with E-state index in [1.54, 1.807) is 0 Å². The summed E-state index contributed by atoms with van der Waals surface area (Å²) >= 11 is 0. The molecule has 10 aromatic rings. The highest BCUT2D eigenvalue weighted by molar-refractivity contribution is 6.06. The van der Waals surface area contributed by atoms with Crippen LogP contribution in [-0.2, 0) is 5.41 Å². The molecule has 0 atom stereocenters. The maximum absolute atomic E-state index is 6.23. The van der Waals surface area contributed by atoms with Crippen LogP contribution in [0.25, 0.3) is 100.0 Å². The van der Waals surface area contributed by atoms with Gasteiger partial charge in [-0.05, 0) is 104 Å². The summed E-state index contributed by atoms with van der Waals surface area (Å²) in [4.78, 5) is 10.6. The minimum absolute atomic E-state index is 0.122. The molecule has 0 N–H and O–H groups in total. The van der Waals surface area contributed by atoms with E-state index in [4.69, 9.17) is 14.4 Å². The van der Waals surface area contributed by atoms with E-state index in [1.807, 2.05) is 18.2 Å². The monoisotopic (exact) mass is 716 g/mol. The van der Waals surface area contributed by atoms with E-state index in [2.05, 4.69) is 178 Å². The molecule has 11 rings (SSSR count). The molecule has 0 amide bonds. The number of hydrogen-bond acceptors (Lipinski definition) is 3. The zero-order valence-electron chi connectivity index (χ0n) is 31.1. The summed E-state index contributed by atoms with van der Waals surface area (Å²) in [6.07, 6.45) is 0. The summed E-state index contributed by atoms with van der Waals surface area (Å²) in [6, 6.07) is 65.0. The topological polar surface area (TPSA) is 38.9 Å². The maximum Gasteiger partial charge on any atom is 0.160 e. The van der Waals surface area contributed by atoms with Gasteiger partial charge in [0.25, 0.3) is 0 Å². The summed E-state index contributed by atoms with van der Waals surface area (Å²) < 4.78 is 6.23. The number of nitrogens with zero attached hydrogens (tertiary/aromatic N) is 2. The van der Waals surface area contributed by atoms with Gasteiger partial charge in [-0.15, -0.1) is 0 Å². The number of para-hydroxylation sites is 1. The second-order valence-electron chi connectivity index (χ2n) is 15.4. The van der Waals surface area contributed by atoms with Crippen molar-refractivity contribution in [2.24, 2.45) is 0 Å². The standard InChI is InChI=1S/C53H36N2O/c1-53(2)46-21-10-8-18-42(46)43-25-23-36(31-47(43)53)48-32-49(55-52(54-48)34-14-4-3-5-15-34)39-28-37(27-38(29-39)41-20-12-16-33-13-6-7-17-40(33)41)35-24-26-51-45(30-35)44-19-9-11-22-50(44)56-51/h3-32H,1-2H3. The van der Waals surface area contributed by atoms with Crippen LogP contribution in [0.4, 0.5) is 0 Å². The fourth-order valence-corrected chi connectivity index (χ4v) is 8.80. The van der Waals surface area contributed by atoms with Crippen molar-refractivity contribution in [2.45, 2.75) is 19.3 Å². The molecule has 2 aromatic heterocycles. The fraction of sp³-hybridized carbons (Fsp3) is 0.0566. The number of hydrogen-bond donors (Lipinski definition) is 0. The molecule has 0 unspecified atom stereocenters. The smallest absolute Gasteiger partial charge is 0.160 e. The lowest BCUT2D eigenvalue weighted by Gasteiger charge is -2.22. The highest BCUT2D eigenvalue weighted by Crippen LogP contribution is 2.49. The van der Waals surface area contributed by atoms with Crippen LogP contribution in [0.3, 0.4) is 0 Å². The number of rotatable bonds is 5. The third-order valence-corrected chi connectivity index (χ3v) is 11.7. The normalized spacial score (nSPS) is 13.0. The Balaban J connectivity index is 1.14. The SMILES string of the molecule is CC1(C)c2ccccc2-c2ccc(-c3cc(-c4cc(-c5ccc6oc7ccccc7c6c5)cc(-c5cccc6ccccc56)c4)nc(-c4ccccc4)n3)cc21. The van der Waals surface area contributed by atoms with Crippen molar-refractivity contribution in [1.29, 1.82) is 0 Å². The Bertz CT molecular complexity index is 3170. The molecular formula is C53H36N2O. The van der Waals surface area contributed by atoms with E-state index in [9.17, 15) is 0 Å². The molecule has 0 radical (unpaired) electrons. The first-order valence-electron chi connectivity index (χ1n) is 19.2. The van der Waals surface area contributed by atoms with Gasteiger partial charge in [-0.3, -0.25) is 0 Å². The third-order valence-electron chi connectivity index (χ3n) is 11.7. The number of benzene rings is 8. The molecular weight excluding hydrogens is 681 g/mol. The van der Waals surface area contributed by atoms with Gasteiger partial charge in [-0.1, -0.05) is 147 Å². The van der Waals surface area contributed by atoms with Crippen molar-refractivity contribution in [3.63, 3.8) is 0 Å². The van der Waals surface area contributed by atoms with Crippen LogP contribution >= 0.6 is 0 Å². The van der Waals surface area contributed by atoms with Crippen LogP contribution in [0.1, 0.15) is 25.0 Å². The van der Waals surface area contributed by atoms with Gasteiger partial charge in [0.15, 0.2) is 5.82 Å². The second kappa shape index (κ2) is 12.5. The lowest BCUT2D eigenvalue weighted by Crippen LogP contribution is -2.14. The molecule has 264 valence electrons. The van der Waals surface area contributed by atoms with Gasteiger partial charge in [-0.25, -0.2) is 9.97 Å². The van der Waals surface area contributed by atoms with Crippen molar-refractivity contribution in [2.75, 3.05) is 0 Å². The third kappa shape index (κ3) is 5.20. The molecule has 0 saturated heterocycles. The second-order valence-corrected chi connectivity index (χ2v) is 15.4. The van der Waals surface area contributed by atoms with Gasteiger partial charge >= 0.3 is 0 Å². The van der Waals surface area contributed by atoms with Crippen LogP contribution in [-0.4, -0.2) is 9.97 Å². The van der Waals surface area contributed by atoms with Crippen molar-refractivity contribution in [3.8, 4) is 67.3 Å². The molecule has 3 nitrogen and oxygen atoms in total. The van der Waals surface area contributed by atoms with Crippen LogP contribution < -0.4 is 0 Å². The van der Waals surface area contributed by atoms with E-state index < -0.39 is 0 Å². The minimum atomic E-state index is -0.122. The number of furan rings is 1. The molecule has 0 fully saturated rings. The first-order valence-corrected chi connectivity index (χ1v) is 19.2. The molecule has 56 heavy (non-hydrogen) atoms. The quantitative estimate of drug-likeness (QED) is 0.178. The van der Waals surface area contributed by atoms with Gasteiger partial charge < -0.3 is 4.42 Å². The molecule has 1 aliphatic rings. The Morgan fingerprint density at radius 1 is 0.375 bits per heavy atom. The Kier molecular flexibility index (Phi) is 7.20. The van der Waals surface area contributed by atoms with Crippen LogP contribution in [0.5, 0.6) is 0 Å². The summed E-state index contributed by atoms with van der Waals surface area (Å²) in [6.45, 7) is 4.65. The first-order chi connectivity index (χ1) is 27.5. The summed E-state index contributed by atoms with van der Waals surface area (Å²) in [7, 11) is 0. The van der Waals surface area contributed by atoms with E-state index in [0.717, 1.165) is 66.7 Å². The Hall–Kier alpha value is -7.10. The van der Waals surface area contributed by atoms with Crippen molar-refractivity contribution in [1.82, 2.24) is 9.97 Å². The highest BCUT2D eigenvalue weighted by atomic mass is 16.3. The van der Waals surface area contributed by atoms with Gasteiger partial charge in [0.1, 0.15) is 11.2 Å². The molecule has 2 heterocycles. The Labute approximate surface area is 325 Å². The molecule has 0 saturated carbocycles. The molecule has 0 bridgehead atoms. The Morgan fingerprint density at radius 3 is 1.91 bits per heavy atom. The summed E-state index contributed by atoms with van der Waals surface area (Å²) in [5.41, 5.74) is 16.3. The Morgan fingerprint density at radius 2 is 1.02 bits per heavy atom. The van der Waals surface area contributed by atoms with Crippen molar-refractivity contribution >= 4 is 32.7 Å². The van der Waals surface area contributed by atoms with Crippen LogP contribution in [0.2, 0.25) is 0 Å². The average molecular weight is 717 g/mol. The summed E-state index contributed by atoms with van der Waals surface area (Å²) in [5.74, 6) is 0.699. The number of fused-ring (bicyclic) bond motifs is 7. The molecule has 3 heteroatoms. The fourth-order valence-electron chi connectivity index (χ4n) is 8.80. The zero-order valence-corrected chi connectivity index (χ0v) is 31.1. The van der Waals surface area contributed by atoms with Crippen LogP contribution in [0, 0.1) is 0 Å². The van der Waals surface area contributed by atoms with E-state index in [1.165, 1.54) is 38.6 Å². The van der Waals surface area contributed by atoms with Crippen molar-refractivity contribution < 1.29 is 4.42 Å². The minimum Gasteiger partial charge on any atom is -0.456 e. The van der Waals surface area contributed by atoms with E-state index in [0.29, 0.717) is 5.82 Å². The van der Waals surface area contributed by atoms with Gasteiger partial charge in [0.2, 0.25) is 0 Å². The maximum atomic E-state index is 6.23. The van der Waals surface area contributed by atoms with Gasteiger partial charge in [0.05, 0.1) is 11.4 Å². The van der Waals surface area contributed by atoms with Crippen molar-refractivity contribution in [3.05, 3.63) is 193 Å². The molecule has 1 aliphatic carbocycles. The molecule has 0 aliphatic heterocycles. The lowest BCUT2D eigenvalue weighted by molar-refractivity contribution is 0.660. The average Bonchev–Trinajstić information content (AvgIpc) is 3.74. The first kappa shape index (κ1) is 32.3. The number of aromatic nitrogens is 2. The summed E-state index contributed by atoms with van der Waals surface area (Å²) in [5, 5.41) is 4.64. The molecule has 8 aromatic carbocycles. The lowest BCUT2D eigenvalue weighted by atomic mass is 9.82. The predicted molar refractivity (Wildman–Crippen MR) is 232 cm³/mol. The molecule has 0 spiro atoms. The largest absolute Gasteiger partial charge is 0.456 e. The van der Waals surface area contributed by atoms with E-state index >= 15 is 0 Å².